The van der Waals surface area contributed by atoms with Crippen LogP contribution in [0.5, 0.6) is 5.75 Å². The number of likely N-dealkylation sites (tertiary alicyclic amines) is 1. The van der Waals surface area contributed by atoms with Crippen LogP contribution in [0, 0.1) is 12.8 Å². The number of benzene rings is 2. The van der Waals surface area contributed by atoms with Crippen molar-refractivity contribution in [1.29, 1.82) is 0 Å². The minimum atomic E-state index is -0.0980. The van der Waals surface area contributed by atoms with Gasteiger partial charge >= 0.3 is 0 Å². The fourth-order valence-electron chi connectivity index (χ4n) is 4.98. The first-order valence-corrected chi connectivity index (χ1v) is 11.1. The number of hydrogen-bond acceptors (Lipinski definition) is 4. The molecule has 0 amide bonds. The molecule has 156 valence electrons. The second kappa shape index (κ2) is 9.29. The summed E-state index contributed by atoms with van der Waals surface area (Å²) in [7, 11) is 0. The maximum Gasteiger partial charge on any atom is 0.122 e. The van der Waals surface area contributed by atoms with Crippen molar-refractivity contribution in [3.05, 3.63) is 64.7 Å². The number of aryl methyl sites for hydroxylation is 2. The van der Waals surface area contributed by atoms with Crippen molar-refractivity contribution in [2.24, 2.45) is 11.7 Å². The standard InChI is InChI=1S/C25H34N2O2/c1-18-9-10-21-22(25(18)28)16-23(29-24(21)17-26)20-11-14-27(15-12-20)13-5-8-19-6-3-2-4-7-19/h2-4,6-7,9-10,20,23-24,28H,5,8,11-17,26H2,1H3/t23-,24-/m0/s1. The Morgan fingerprint density at radius 3 is 2.59 bits per heavy atom. The van der Waals surface area contributed by atoms with E-state index >= 15 is 0 Å². The third-order valence-electron chi connectivity index (χ3n) is 6.77. The molecule has 4 nitrogen and oxygen atoms in total. The first kappa shape index (κ1) is 20.4. The Labute approximate surface area is 174 Å². The van der Waals surface area contributed by atoms with Crippen molar-refractivity contribution in [3.8, 4) is 5.75 Å². The summed E-state index contributed by atoms with van der Waals surface area (Å²) in [5.74, 6) is 0.982. The normalized spacial score (nSPS) is 23.1. The zero-order valence-electron chi connectivity index (χ0n) is 17.5. The molecule has 0 aliphatic carbocycles. The van der Waals surface area contributed by atoms with E-state index in [9.17, 15) is 5.11 Å². The van der Waals surface area contributed by atoms with Crippen molar-refractivity contribution in [2.45, 2.75) is 51.2 Å². The number of rotatable bonds is 6. The van der Waals surface area contributed by atoms with Gasteiger partial charge in [-0.15, -0.1) is 0 Å². The highest BCUT2D eigenvalue weighted by Gasteiger charge is 2.35. The first-order valence-electron chi connectivity index (χ1n) is 11.1. The topological polar surface area (TPSA) is 58.7 Å². The molecule has 1 saturated heterocycles. The fraction of sp³-hybridized carbons (Fsp3) is 0.520. The lowest BCUT2D eigenvalue weighted by Gasteiger charge is -2.40. The average molecular weight is 395 g/mol. The minimum Gasteiger partial charge on any atom is -0.507 e. The van der Waals surface area contributed by atoms with Gasteiger partial charge in [-0.1, -0.05) is 42.5 Å². The van der Waals surface area contributed by atoms with Gasteiger partial charge in [0.15, 0.2) is 0 Å². The van der Waals surface area contributed by atoms with Gasteiger partial charge in [-0.2, -0.15) is 0 Å². The van der Waals surface area contributed by atoms with Crippen LogP contribution in [-0.2, 0) is 17.6 Å². The quantitative estimate of drug-likeness (QED) is 0.778. The molecule has 0 spiro atoms. The molecular weight excluding hydrogens is 360 g/mol. The second-order valence-electron chi connectivity index (χ2n) is 8.67. The van der Waals surface area contributed by atoms with Crippen LogP contribution in [0.3, 0.4) is 0 Å². The summed E-state index contributed by atoms with van der Waals surface area (Å²) in [6.07, 6.45) is 5.56. The summed E-state index contributed by atoms with van der Waals surface area (Å²) < 4.78 is 6.42. The van der Waals surface area contributed by atoms with E-state index in [2.05, 4.69) is 41.3 Å². The van der Waals surface area contributed by atoms with Gasteiger partial charge in [0.2, 0.25) is 0 Å². The van der Waals surface area contributed by atoms with E-state index in [1.165, 1.54) is 18.5 Å². The molecule has 1 fully saturated rings. The van der Waals surface area contributed by atoms with Gasteiger partial charge in [0.1, 0.15) is 5.75 Å². The van der Waals surface area contributed by atoms with E-state index in [-0.39, 0.29) is 12.2 Å². The zero-order chi connectivity index (χ0) is 20.2. The number of piperidine rings is 1. The molecule has 29 heavy (non-hydrogen) atoms. The molecule has 4 rings (SSSR count). The molecule has 2 aromatic rings. The maximum absolute atomic E-state index is 10.6. The highest BCUT2D eigenvalue weighted by atomic mass is 16.5. The summed E-state index contributed by atoms with van der Waals surface area (Å²) in [4.78, 5) is 2.60. The highest BCUT2D eigenvalue weighted by Crippen LogP contribution is 2.40. The highest BCUT2D eigenvalue weighted by molar-refractivity contribution is 5.47. The number of ether oxygens (including phenoxy) is 1. The molecule has 2 aliphatic heterocycles. The van der Waals surface area contributed by atoms with E-state index in [4.69, 9.17) is 10.5 Å². The van der Waals surface area contributed by atoms with Gasteiger partial charge in [-0.25, -0.2) is 0 Å². The van der Waals surface area contributed by atoms with E-state index in [1.54, 1.807) is 0 Å². The Bertz CT molecular complexity index is 800. The molecule has 0 unspecified atom stereocenters. The Balaban J connectivity index is 1.31. The van der Waals surface area contributed by atoms with E-state index in [0.717, 1.165) is 55.5 Å². The smallest absolute Gasteiger partial charge is 0.122 e. The third-order valence-corrected chi connectivity index (χ3v) is 6.77. The van der Waals surface area contributed by atoms with Gasteiger partial charge in [-0.3, -0.25) is 0 Å². The number of aromatic hydroxyl groups is 1. The largest absolute Gasteiger partial charge is 0.507 e. The van der Waals surface area contributed by atoms with Gasteiger partial charge in [0, 0.05) is 18.5 Å². The SMILES string of the molecule is Cc1ccc2c(c1O)C[C@@H](C1CCN(CCCc3ccccc3)CC1)O[C@H]2CN. The van der Waals surface area contributed by atoms with Gasteiger partial charge < -0.3 is 20.5 Å². The van der Waals surface area contributed by atoms with Crippen molar-refractivity contribution >= 4 is 0 Å². The predicted octanol–water partition coefficient (Wildman–Crippen LogP) is 3.99. The molecule has 2 atom stereocenters. The molecule has 0 radical (unpaired) electrons. The first-order chi connectivity index (χ1) is 14.2. The summed E-state index contributed by atoms with van der Waals surface area (Å²) >= 11 is 0. The number of nitrogens with two attached hydrogens (primary N) is 1. The fourth-order valence-corrected chi connectivity index (χ4v) is 4.98. The molecule has 2 aliphatic rings. The molecule has 4 heteroatoms. The van der Waals surface area contributed by atoms with Crippen LogP contribution in [0.1, 0.15) is 47.6 Å². The van der Waals surface area contributed by atoms with Crippen LogP contribution in [0.15, 0.2) is 42.5 Å². The Morgan fingerprint density at radius 1 is 1.10 bits per heavy atom. The summed E-state index contributed by atoms with van der Waals surface area (Å²) in [6.45, 7) is 5.87. The Kier molecular flexibility index (Phi) is 6.53. The number of phenols is 1. The summed E-state index contributed by atoms with van der Waals surface area (Å²) in [6, 6.07) is 14.8. The molecule has 0 bridgehead atoms. The van der Waals surface area contributed by atoms with Crippen LogP contribution in [0.25, 0.3) is 0 Å². The molecule has 0 aromatic heterocycles. The van der Waals surface area contributed by atoms with Crippen LogP contribution in [0.4, 0.5) is 0 Å². The van der Waals surface area contributed by atoms with Crippen molar-refractivity contribution < 1.29 is 9.84 Å². The van der Waals surface area contributed by atoms with Crippen LogP contribution < -0.4 is 5.73 Å². The lowest BCUT2D eigenvalue weighted by atomic mass is 9.83. The molecular formula is C25H34N2O2. The molecule has 0 saturated carbocycles. The summed E-state index contributed by atoms with van der Waals surface area (Å²) in [5.41, 5.74) is 10.5. The molecule has 2 heterocycles. The monoisotopic (exact) mass is 394 g/mol. The number of fused-ring (bicyclic) bond motifs is 1. The number of nitrogens with zero attached hydrogens (tertiary/aromatic N) is 1. The minimum absolute atomic E-state index is 0.0980. The molecule has 3 N–H and O–H groups in total. The molecule has 2 aromatic carbocycles. The van der Waals surface area contributed by atoms with Gasteiger partial charge in [0.25, 0.3) is 0 Å². The van der Waals surface area contributed by atoms with Gasteiger partial charge in [0.05, 0.1) is 12.2 Å². The van der Waals surface area contributed by atoms with E-state index in [0.29, 0.717) is 18.2 Å². The zero-order valence-corrected chi connectivity index (χ0v) is 17.5. The second-order valence-corrected chi connectivity index (χ2v) is 8.67. The number of hydrogen-bond donors (Lipinski definition) is 2. The van der Waals surface area contributed by atoms with E-state index < -0.39 is 0 Å². The van der Waals surface area contributed by atoms with Crippen molar-refractivity contribution in [2.75, 3.05) is 26.2 Å². The predicted molar refractivity (Wildman–Crippen MR) is 117 cm³/mol. The van der Waals surface area contributed by atoms with Crippen LogP contribution in [-0.4, -0.2) is 42.3 Å². The lowest BCUT2D eigenvalue weighted by molar-refractivity contribution is -0.0647. The van der Waals surface area contributed by atoms with E-state index in [1.807, 2.05) is 13.0 Å². The Morgan fingerprint density at radius 2 is 1.86 bits per heavy atom. The lowest BCUT2D eigenvalue weighted by Crippen LogP contribution is -2.42. The number of phenolic OH excluding ortho intramolecular Hbond substituents is 1. The summed E-state index contributed by atoms with van der Waals surface area (Å²) in [5, 5.41) is 10.6. The van der Waals surface area contributed by atoms with Crippen molar-refractivity contribution in [1.82, 2.24) is 4.90 Å². The van der Waals surface area contributed by atoms with Crippen LogP contribution in [0.2, 0.25) is 0 Å². The van der Waals surface area contributed by atoms with Crippen LogP contribution >= 0.6 is 0 Å². The average Bonchev–Trinajstić information content (AvgIpc) is 2.77. The maximum atomic E-state index is 10.6. The Hall–Kier alpha value is -1.88. The third kappa shape index (κ3) is 4.66. The van der Waals surface area contributed by atoms with Crippen molar-refractivity contribution in [3.63, 3.8) is 0 Å². The van der Waals surface area contributed by atoms with Gasteiger partial charge in [-0.05, 0) is 74.8 Å².